The summed E-state index contributed by atoms with van der Waals surface area (Å²) in [5, 5.41) is 3.03. The normalized spacial score (nSPS) is 31.3. The third-order valence-corrected chi connectivity index (χ3v) is 5.96. The van der Waals surface area contributed by atoms with Crippen LogP contribution >= 0.6 is 0 Å². The van der Waals surface area contributed by atoms with E-state index in [1.54, 1.807) is 0 Å². The molecule has 4 heteroatoms. The van der Waals surface area contributed by atoms with Gasteiger partial charge in [-0.1, -0.05) is 19.3 Å². The fraction of sp³-hybridized carbons (Fsp3) is 0.875. The third kappa shape index (κ3) is 1.95. The number of carbonyl (C=O) groups excluding carboxylic acids is 2. The monoisotopic (exact) mass is 276 g/mol. The van der Waals surface area contributed by atoms with Crippen molar-refractivity contribution in [1.82, 2.24) is 10.2 Å². The van der Waals surface area contributed by atoms with Gasteiger partial charge < -0.3 is 10.2 Å². The van der Waals surface area contributed by atoms with Crippen LogP contribution in [0.2, 0.25) is 0 Å². The first kappa shape index (κ1) is 12.7. The van der Waals surface area contributed by atoms with Crippen molar-refractivity contribution in [3.63, 3.8) is 0 Å². The number of rotatable bonds is 3. The van der Waals surface area contributed by atoms with Crippen molar-refractivity contribution in [2.45, 2.75) is 63.3 Å². The van der Waals surface area contributed by atoms with Gasteiger partial charge in [0.05, 0.1) is 6.54 Å². The summed E-state index contributed by atoms with van der Waals surface area (Å²) in [6.07, 6.45) is 10.2. The van der Waals surface area contributed by atoms with Gasteiger partial charge in [-0.15, -0.1) is 0 Å². The zero-order valence-electron chi connectivity index (χ0n) is 12.1. The van der Waals surface area contributed by atoms with Crippen LogP contribution in [-0.2, 0) is 9.59 Å². The molecule has 1 spiro atoms. The highest BCUT2D eigenvalue weighted by Crippen LogP contribution is 2.61. The Morgan fingerprint density at radius 3 is 2.35 bits per heavy atom. The second-order valence-corrected chi connectivity index (χ2v) is 7.49. The predicted octanol–water partition coefficient (Wildman–Crippen LogP) is 1.84. The molecule has 0 radical (unpaired) electrons. The van der Waals surface area contributed by atoms with Gasteiger partial charge in [-0.2, -0.15) is 0 Å². The minimum Gasteiger partial charge on any atom is -0.340 e. The van der Waals surface area contributed by atoms with Crippen LogP contribution in [0.3, 0.4) is 0 Å². The molecule has 0 aromatic carbocycles. The molecule has 1 aliphatic heterocycles. The van der Waals surface area contributed by atoms with Crippen molar-refractivity contribution in [1.29, 1.82) is 0 Å². The van der Waals surface area contributed by atoms with E-state index < -0.39 is 5.54 Å². The fourth-order valence-corrected chi connectivity index (χ4v) is 4.46. The van der Waals surface area contributed by atoms with E-state index in [0.29, 0.717) is 5.41 Å². The molecule has 1 heterocycles. The second kappa shape index (κ2) is 4.22. The fourth-order valence-electron chi connectivity index (χ4n) is 4.46. The molecular weight excluding hydrogens is 252 g/mol. The van der Waals surface area contributed by atoms with E-state index in [4.69, 9.17) is 0 Å². The van der Waals surface area contributed by atoms with Gasteiger partial charge in [0.1, 0.15) is 5.54 Å². The average molecular weight is 276 g/mol. The summed E-state index contributed by atoms with van der Waals surface area (Å²) in [5.74, 6) is 1.10. The first-order valence-corrected chi connectivity index (χ1v) is 8.24. The molecule has 1 saturated heterocycles. The second-order valence-electron chi connectivity index (χ2n) is 7.49. The van der Waals surface area contributed by atoms with Crippen molar-refractivity contribution in [3.05, 3.63) is 0 Å². The molecule has 4 rings (SSSR count). The van der Waals surface area contributed by atoms with Gasteiger partial charge in [0.2, 0.25) is 11.8 Å². The van der Waals surface area contributed by atoms with Gasteiger partial charge in [-0.3, -0.25) is 9.59 Å². The Morgan fingerprint density at radius 1 is 1.05 bits per heavy atom. The smallest absolute Gasteiger partial charge is 0.248 e. The molecule has 1 N–H and O–H groups in total. The molecule has 110 valence electrons. The number of nitrogens with one attached hydrogen (secondary N) is 1. The van der Waals surface area contributed by atoms with E-state index >= 15 is 0 Å². The quantitative estimate of drug-likeness (QED) is 0.855. The molecule has 0 aromatic heterocycles. The van der Waals surface area contributed by atoms with Crippen molar-refractivity contribution < 1.29 is 9.59 Å². The molecule has 0 atom stereocenters. The molecule has 0 bridgehead atoms. The Morgan fingerprint density at radius 2 is 1.75 bits per heavy atom. The summed E-state index contributed by atoms with van der Waals surface area (Å²) >= 11 is 0. The standard InChI is InChI=1S/C16H24N2O2/c19-13-10-18(11-15(8-9-15)12-4-5-12)14(20)16(17-13)6-2-1-3-7-16/h12H,1-11H2,(H,17,19). The van der Waals surface area contributed by atoms with E-state index in [0.717, 1.165) is 38.1 Å². The van der Waals surface area contributed by atoms with Crippen LogP contribution in [0, 0.1) is 11.3 Å². The molecule has 4 aliphatic rings. The Kier molecular flexibility index (Phi) is 2.67. The van der Waals surface area contributed by atoms with Crippen LogP contribution in [0.15, 0.2) is 0 Å². The Labute approximate surface area is 120 Å². The highest BCUT2D eigenvalue weighted by atomic mass is 16.2. The van der Waals surface area contributed by atoms with Crippen LogP contribution in [0.4, 0.5) is 0 Å². The van der Waals surface area contributed by atoms with E-state index in [2.05, 4.69) is 5.32 Å². The maximum absolute atomic E-state index is 12.9. The lowest BCUT2D eigenvalue weighted by molar-refractivity contribution is -0.152. The lowest BCUT2D eigenvalue weighted by Crippen LogP contribution is -2.67. The van der Waals surface area contributed by atoms with Gasteiger partial charge in [0.25, 0.3) is 0 Å². The number of piperazine rings is 1. The van der Waals surface area contributed by atoms with Crippen LogP contribution in [-0.4, -0.2) is 35.3 Å². The molecular formula is C16H24N2O2. The SMILES string of the molecule is O=C1CN(CC2(C3CC3)CC2)C(=O)C2(CCCCC2)N1. The van der Waals surface area contributed by atoms with Gasteiger partial charge in [0, 0.05) is 6.54 Å². The van der Waals surface area contributed by atoms with Crippen molar-refractivity contribution in [3.8, 4) is 0 Å². The van der Waals surface area contributed by atoms with Gasteiger partial charge >= 0.3 is 0 Å². The van der Waals surface area contributed by atoms with Gasteiger partial charge in [-0.25, -0.2) is 0 Å². The first-order chi connectivity index (χ1) is 9.64. The number of nitrogens with zero attached hydrogens (tertiary/aromatic N) is 1. The minimum absolute atomic E-state index is 0.0538. The number of hydrogen-bond donors (Lipinski definition) is 1. The van der Waals surface area contributed by atoms with Crippen LogP contribution in [0.1, 0.15) is 57.8 Å². The zero-order valence-corrected chi connectivity index (χ0v) is 12.1. The third-order valence-electron chi connectivity index (χ3n) is 5.96. The molecule has 20 heavy (non-hydrogen) atoms. The maximum atomic E-state index is 12.9. The van der Waals surface area contributed by atoms with Crippen molar-refractivity contribution in [2.75, 3.05) is 13.1 Å². The largest absolute Gasteiger partial charge is 0.340 e. The van der Waals surface area contributed by atoms with Crippen LogP contribution < -0.4 is 5.32 Å². The zero-order chi connectivity index (χ0) is 13.8. The minimum atomic E-state index is -0.548. The summed E-state index contributed by atoms with van der Waals surface area (Å²) in [6.45, 7) is 1.13. The maximum Gasteiger partial charge on any atom is 0.248 e. The molecule has 4 nitrogen and oxygen atoms in total. The van der Waals surface area contributed by atoms with E-state index in [1.807, 2.05) is 4.90 Å². The lowest BCUT2D eigenvalue weighted by Gasteiger charge is -2.45. The number of amides is 2. The molecule has 0 unspecified atom stereocenters. The topological polar surface area (TPSA) is 49.4 Å². The summed E-state index contributed by atoms with van der Waals surface area (Å²) in [5.41, 5.74) is -0.156. The van der Waals surface area contributed by atoms with E-state index in [1.165, 1.54) is 32.1 Å². The molecule has 0 aromatic rings. The summed E-state index contributed by atoms with van der Waals surface area (Å²) in [4.78, 5) is 26.9. The van der Waals surface area contributed by atoms with Gasteiger partial charge in [-0.05, 0) is 49.9 Å². The summed E-state index contributed by atoms with van der Waals surface area (Å²) in [7, 11) is 0. The van der Waals surface area contributed by atoms with E-state index in [-0.39, 0.29) is 18.4 Å². The Hall–Kier alpha value is -1.06. The summed E-state index contributed by atoms with van der Waals surface area (Å²) < 4.78 is 0. The molecule has 2 amide bonds. The number of hydrogen-bond acceptors (Lipinski definition) is 2. The average Bonchev–Trinajstić information content (AvgIpc) is 3.29. The van der Waals surface area contributed by atoms with Gasteiger partial charge in [0.15, 0.2) is 0 Å². The van der Waals surface area contributed by atoms with E-state index in [9.17, 15) is 9.59 Å². The van der Waals surface area contributed by atoms with Crippen molar-refractivity contribution >= 4 is 11.8 Å². The van der Waals surface area contributed by atoms with Crippen LogP contribution in [0.25, 0.3) is 0 Å². The molecule has 4 fully saturated rings. The number of carbonyl (C=O) groups is 2. The Balaban J connectivity index is 1.53. The van der Waals surface area contributed by atoms with Crippen molar-refractivity contribution in [2.24, 2.45) is 11.3 Å². The van der Waals surface area contributed by atoms with Crippen LogP contribution in [0.5, 0.6) is 0 Å². The first-order valence-electron chi connectivity index (χ1n) is 8.24. The lowest BCUT2D eigenvalue weighted by atomic mass is 9.79. The highest BCUT2D eigenvalue weighted by molar-refractivity contribution is 5.98. The Bertz CT molecular complexity index is 445. The molecule has 3 aliphatic carbocycles. The highest BCUT2D eigenvalue weighted by Gasteiger charge is 2.57. The molecule has 3 saturated carbocycles. The summed E-state index contributed by atoms with van der Waals surface area (Å²) in [6, 6.07) is 0. The predicted molar refractivity (Wildman–Crippen MR) is 74.9 cm³/mol.